The van der Waals surface area contributed by atoms with E-state index in [2.05, 4.69) is 15.0 Å². The standard InChI is InChI=1S/C5Cl4N4/c6-2-1-3(11-4(7)10-1)12-5(8)13(2)9. The molecule has 0 bridgehead atoms. The van der Waals surface area contributed by atoms with E-state index in [1.165, 1.54) is 0 Å². The Morgan fingerprint density at radius 1 is 1.00 bits per heavy atom. The summed E-state index contributed by atoms with van der Waals surface area (Å²) >= 11 is 22.6. The molecular weight excluding hydrogens is 258 g/mol. The van der Waals surface area contributed by atoms with Gasteiger partial charge in [-0.2, -0.15) is 9.97 Å². The summed E-state index contributed by atoms with van der Waals surface area (Å²) in [6, 6.07) is 0. The van der Waals surface area contributed by atoms with Crippen molar-refractivity contribution >= 4 is 46.6 Å². The first-order chi connectivity index (χ1) is 6.09. The van der Waals surface area contributed by atoms with Gasteiger partial charge in [0.25, 0.3) is 0 Å². The SMILES string of the molecule is Clc1nc2nc(Cl)n(Cl)c(Cl)c-2n1. The third-order valence-electron chi connectivity index (χ3n) is 1.34. The van der Waals surface area contributed by atoms with Crippen LogP contribution in [0.5, 0.6) is 0 Å². The van der Waals surface area contributed by atoms with Gasteiger partial charge in [0.05, 0.1) is 0 Å². The molecule has 0 N–H and O–H groups in total. The average Bonchev–Trinajstić information content (AvgIpc) is 2.42. The van der Waals surface area contributed by atoms with Crippen LogP contribution in [0.25, 0.3) is 11.5 Å². The van der Waals surface area contributed by atoms with Gasteiger partial charge in [-0.3, -0.25) is 0 Å². The van der Waals surface area contributed by atoms with Crippen molar-refractivity contribution in [3.63, 3.8) is 0 Å². The number of aromatic nitrogens is 4. The maximum atomic E-state index is 5.79. The molecule has 0 aromatic heterocycles. The monoisotopic (exact) mass is 256 g/mol. The number of nitrogens with zero attached hydrogens (tertiary/aromatic N) is 4. The molecule has 0 atom stereocenters. The van der Waals surface area contributed by atoms with Crippen molar-refractivity contribution in [1.29, 1.82) is 0 Å². The molecule has 0 spiro atoms. The minimum absolute atomic E-state index is 0.00994. The molecule has 0 saturated heterocycles. The van der Waals surface area contributed by atoms with Crippen LogP contribution in [0, 0.1) is 0 Å². The van der Waals surface area contributed by atoms with Gasteiger partial charge in [0.2, 0.25) is 10.6 Å². The van der Waals surface area contributed by atoms with Crippen LogP contribution < -0.4 is 0 Å². The molecule has 68 valence electrons. The van der Waals surface area contributed by atoms with Crippen molar-refractivity contribution in [3.05, 3.63) is 15.7 Å². The summed E-state index contributed by atoms with van der Waals surface area (Å²) in [5.74, 6) is 0.275. The Hall–Kier alpha value is -0.290. The van der Waals surface area contributed by atoms with Crippen molar-refractivity contribution in [2.45, 2.75) is 0 Å². The van der Waals surface area contributed by atoms with Gasteiger partial charge in [0.15, 0.2) is 11.0 Å². The van der Waals surface area contributed by atoms with Crippen LogP contribution >= 0.6 is 46.6 Å². The summed E-state index contributed by atoms with van der Waals surface area (Å²) in [6.07, 6.45) is 0. The largest absolute Gasteiger partial charge is 0.225 e. The average molecular weight is 258 g/mol. The number of hydrogen-bond donors (Lipinski definition) is 0. The zero-order valence-electron chi connectivity index (χ0n) is 5.80. The molecule has 2 heterocycles. The first-order valence-electron chi connectivity index (χ1n) is 3.02. The fourth-order valence-corrected chi connectivity index (χ4v) is 1.53. The van der Waals surface area contributed by atoms with Gasteiger partial charge < -0.3 is 0 Å². The molecule has 0 unspecified atom stereocenters. The smallest absolute Gasteiger partial charge is 0.212 e. The highest BCUT2D eigenvalue weighted by molar-refractivity contribution is 6.39. The summed E-state index contributed by atoms with van der Waals surface area (Å²) in [5, 5.41) is 0.204. The maximum Gasteiger partial charge on any atom is 0.225 e. The quantitative estimate of drug-likeness (QED) is 0.414. The molecule has 0 aliphatic carbocycles. The number of rotatable bonds is 0. The number of hydrogen-bond acceptors (Lipinski definition) is 3. The van der Waals surface area contributed by atoms with E-state index in [-0.39, 0.29) is 21.5 Å². The lowest BCUT2D eigenvalue weighted by Crippen LogP contribution is -1.97. The lowest BCUT2D eigenvalue weighted by Gasteiger charge is -2.03. The lowest BCUT2D eigenvalue weighted by molar-refractivity contribution is 1.07. The summed E-state index contributed by atoms with van der Waals surface area (Å²) < 4.78 is 0.969. The molecule has 0 aromatic carbocycles. The second-order valence-electron chi connectivity index (χ2n) is 2.12. The highest BCUT2D eigenvalue weighted by Gasteiger charge is 2.19. The Bertz CT molecular complexity index is 439. The molecule has 4 nitrogen and oxygen atoms in total. The van der Waals surface area contributed by atoms with Crippen LogP contribution in [0.3, 0.4) is 0 Å². The van der Waals surface area contributed by atoms with Crippen LogP contribution in [0.15, 0.2) is 0 Å². The van der Waals surface area contributed by atoms with Crippen molar-refractivity contribution < 1.29 is 0 Å². The van der Waals surface area contributed by atoms with Gasteiger partial charge in [-0.1, -0.05) is 11.6 Å². The van der Waals surface area contributed by atoms with Crippen molar-refractivity contribution in [1.82, 2.24) is 19.0 Å². The van der Waals surface area contributed by atoms with Crippen molar-refractivity contribution in [2.75, 3.05) is 0 Å². The molecule has 0 fully saturated rings. The van der Waals surface area contributed by atoms with Gasteiger partial charge in [-0.25, -0.2) is 9.07 Å². The highest BCUT2D eigenvalue weighted by Crippen LogP contribution is 2.30. The van der Waals surface area contributed by atoms with Gasteiger partial charge >= 0.3 is 0 Å². The van der Waals surface area contributed by atoms with E-state index in [1.54, 1.807) is 0 Å². The molecule has 2 aliphatic rings. The minimum atomic E-state index is 0.00994. The van der Waals surface area contributed by atoms with Crippen molar-refractivity contribution in [2.24, 2.45) is 0 Å². The van der Waals surface area contributed by atoms with E-state index >= 15 is 0 Å². The van der Waals surface area contributed by atoms with Crippen molar-refractivity contribution in [3.8, 4) is 11.5 Å². The molecule has 13 heavy (non-hydrogen) atoms. The van der Waals surface area contributed by atoms with E-state index in [0.717, 1.165) is 4.09 Å². The maximum absolute atomic E-state index is 5.79. The lowest BCUT2D eigenvalue weighted by atomic mass is 10.4. The van der Waals surface area contributed by atoms with Gasteiger partial charge in [-0.15, -0.1) is 0 Å². The van der Waals surface area contributed by atoms with Gasteiger partial charge in [0.1, 0.15) is 5.69 Å². The molecule has 0 radical (unpaired) electrons. The summed E-state index contributed by atoms with van der Waals surface area (Å²) in [7, 11) is 0. The molecular formula is C5Cl4N4. The highest BCUT2D eigenvalue weighted by atomic mass is 35.5. The fourth-order valence-electron chi connectivity index (χ4n) is 0.829. The third-order valence-corrected chi connectivity index (χ3v) is 2.61. The normalized spacial score (nSPS) is 11.1. The van der Waals surface area contributed by atoms with Crippen LogP contribution in [0.2, 0.25) is 15.7 Å². The Morgan fingerprint density at radius 2 is 1.69 bits per heavy atom. The zero-order valence-corrected chi connectivity index (χ0v) is 8.82. The first-order valence-corrected chi connectivity index (χ1v) is 4.50. The third kappa shape index (κ3) is 1.44. The number of imidazole rings is 1. The molecule has 8 heteroatoms. The second kappa shape index (κ2) is 3.13. The van der Waals surface area contributed by atoms with E-state index in [9.17, 15) is 0 Å². The second-order valence-corrected chi connectivity index (χ2v) is 3.49. The Kier molecular flexibility index (Phi) is 2.23. The molecule has 2 rings (SSSR count). The fraction of sp³-hybridized carbons (Fsp3) is 0. The van der Waals surface area contributed by atoms with E-state index in [0.29, 0.717) is 5.69 Å². The van der Waals surface area contributed by atoms with E-state index < -0.39 is 0 Å². The van der Waals surface area contributed by atoms with E-state index in [4.69, 9.17) is 46.6 Å². The summed E-state index contributed by atoms with van der Waals surface area (Å²) in [6.45, 7) is 0. The molecule has 0 aromatic rings. The number of fused-ring (bicyclic) bond motifs is 1. The van der Waals surface area contributed by atoms with Gasteiger partial charge in [0, 0.05) is 11.8 Å². The van der Waals surface area contributed by atoms with Crippen LogP contribution in [-0.4, -0.2) is 19.0 Å². The topological polar surface area (TPSA) is 43.6 Å². The Morgan fingerprint density at radius 3 is 2.38 bits per heavy atom. The zero-order chi connectivity index (χ0) is 9.59. The molecule has 0 amide bonds. The Balaban J connectivity index is 2.85. The predicted molar refractivity (Wildman–Crippen MR) is 50.7 cm³/mol. The summed E-state index contributed by atoms with van der Waals surface area (Å²) in [4.78, 5) is 11.4. The minimum Gasteiger partial charge on any atom is -0.212 e. The Labute approximate surface area is 92.9 Å². The summed E-state index contributed by atoms with van der Waals surface area (Å²) in [5.41, 5.74) is 0.325. The van der Waals surface area contributed by atoms with Crippen LogP contribution in [0.1, 0.15) is 0 Å². The first kappa shape index (κ1) is 9.27. The van der Waals surface area contributed by atoms with Crippen LogP contribution in [-0.2, 0) is 0 Å². The predicted octanol–water partition coefficient (Wildman–Crippen LogP) is 2.74. The number of halogens is 4. The molecule has 0 saturated carbocycles. The van der Waals surface area contributed by atoms with Gasteiger partial charge in [-0.05, 0) is 23.2 Å². The molecule has 2 aliphatic heterocycles. The van der Waals surface area contributed by atoms with Crippen LogP contribution in [0.4, 0.5) is 0 Å². The van der Waals surface area contributed by atoms with E-state index in [1.807, 2.05) is 0 Å².